The molecule has 108 valence electrons. The molecule has 0 saturated heterocycles. The van der Waals surface area contributed by atoms with Gasteiger partial charge in [0.2, 0.25) is 0 Å². The molecule has 1 aromatic heterocycles. The maximum Gasteiger partial charge on any atom is 0.165 e. The van der Waals surface area contributed by atoms with E-state index in [0.29, 0.717) is 0 Å². The molecule has 0 bridgehead atoms. The van der Waals surface area contributed by atoms with Crippen LogP contribution in [0, 0.1) is 5.82 Å². The predicted molar refractivity (Wildman–Crippen MR) is 86.7 cm³/mol. The summed E-state index contributed by atoms with van der Waals surface area (Å²) in [6, 6.07) is 9.32. The summed E-state index contributed by atoms with van der Waals surface area (Å²) in [5.41, 5.74) is 1.03. The van der Waals surface area contributed by atoms with E-state index in [2.05, 4.69) is 48.8 Å². The van der Waals surface area contributed by atoms with Crippen LogP contribution in [-0.2, 0) is 5.41 Å². The van der Waals surface area contributed by atoms with Crippen LogP contribution in [0.25, 0.3) is 0 Å². The van der Waals surface area contributed by atoms with Crippen molar-refractivity contribution in [3.05, 3.63) is 51.5 Å². The standard InChI is InChI=1S/C16H18BrFOS/c1-16(2,3)14-8-7-13(20-14)15(17)10-5-6-12(19-4)11(18)9-10/h5-9,15H,1-4H3. The lowest BCUT2D eigenvalue weighted by molar-refractivity contribution is 0.386. The van der Waals surface area contributed by atoms with E-state index in [1.807, 2.05) is 6.07 Å². The number of ether oxygens (including phenoxy) is 1. The van der Waals surface area contributed by atoms with E-state index in [0.717, 1.165) is 5.56 Å². The highest BCUT2D eigenvalue weighted by atomic mass is 79.9. The summed E-state index contributed by atoms with van der Waals surface area (Å²) in [5, 5.41) is 0. The van der Waals surface area contributed by atoms with Crippen molar-refractivity contribution in [1.82, 2.24) is 0 Å². The first-order valence-corrected chi connectivity index (χ1v) is 8.14. The first-order valence-electron chi connectivity index (χ1n) is 6.40. The number of rotatable bonds is 3. The highest BCUT2D eigenvalue weighted by Crippen LogP contribution is 2.39. The number of hydrogen-bond donors (Lipinski definition) is 0. The molecule has 0 radical (unpaired) electrons. The summed E-state index contributed by atoms with van der Waals surface area (Å²) in [4.78, 5) is 2.51. The molecule has 0 spiro atoms. The Morgan fingerprint density at radius 1 is 1.20 bits per heavy atom. The normalized spacial score (nSPS) is 13.3. The van der Waals surface area contributed by atoms with Crippen LogP contribution in [0.15, 0.2) is 30.3 Å². The predicted octanol–water partition coefficient (Wildman–Crippen LogP) is 5.68. The van der Waals surface area contributed by atoms with Gasteiger partial charge in [-0.2, -0.15) is 0 Å². The van der Waals surface area contributed by atoms with Crippen molar-refractivity contribution in [2.45, 2.75) is 31.0 Å². The van der Waals surface area contributed by atoms with Crippen molar-refractivity contribution < 1.29 is 9.13 Å². The van der Waals surface area contributed by atoms with Crippen molar-refractivity contribution in [3.63, 3.8) is 0 Å². The van der Waals surface area contributed by atoms with E-state index in [1.54, 1.807) is 17.4 Å². The molecule has 20 heavy (non-hydrogen) atoms. The molecular formula is C16H18BrFOS. The van der Waals surface area contributed by atoms with Gasteiger partial charge in [-0.25, -0.2) is 4.39 Å². The molecular weight excluding hydrogens is 339 g/mol. The average molecular weight is 357 g/mol. The molecule has 1 nitrogen and oxygen atoms in total. The van der Waals surface area contributed by atoms with Gasteiger partial charge in [0, 0.05) is 9.75 Å². The summed E-state index contributed by atoms with van der Waals surface area (Å²) in [7, 11) is 1.47. The molecule has 0 N–H and O–H groups in total. The van der Waals surface area contributed by atoms with E-state index >= 15 is 0 Å². The zero-order chi connectivity index (χ0) is 14.9. The lowest BCUT2D eigenvalue weighted by Gasteiger charge is -2.16. The topological polar surface area (TPSA) is 9.23 Å². The summed E-state index contributed by atoms with van der Waals surface area (Å²) in [5.74, 6) is -0.0583. The molecule has 2 aromatic rings. The number of hydrogen-bond acceptors (Lipinski definition) is 2. The van der Waals surface area contributed by atoms with Crippen molar-refractivity contribution in [1.29, 1.82) is 0 Å². The number of benzene rings is 1. The van der Waals surface area contributed by atoms with E-state index in [1.165, 1.54) is 22.9 Å². The van der Waals surface area contributed by atoms with E-state index in [9.17, 15) is 4.39 Å². The number of alkyl halides is 1. The maximum absolute atomic E-state index is 13.8. The molecule has 0 saturated carbocycles. The Balaban J connectivity index is 2.29. The molecule has 2 rings (SSSR count). The highest BCUT2D eigenvalue weighted by Gasteiger charge is 2.20. The van der Waals surface area contributed by atoms with Crippen LogP contribution in [0.3, 0.4) is 0 Å². The van der Waals surface area contributed by atoms with Gasteiger partial charge in [-0.05, 0) is 35.2 Å². The Kier molecular flexibility index (Phi) is 4.55. The summed E-state index contributed by atoms with van der Waals surface area (Å²) < 4.78 is 18.7. The fourth-order valence-electron chi connectivity index (χ4n) is 1.90. The lowest BCUT2D eigenvalue weighted by Crippen LogP contribution is -2.07. The largest absolute Gasteiger partial charge is 0.494 e. The molecule has 1 aromatic carbocycles. The zero-order valence-corrected chi connectivity index (χ0v) is 14.4. The van der Waals surface area contributed by atoms with Gasteiger partial charge in [0.05, 0.1) is 11.9 Å². The number of halogens is 2. The fourth-order valence-corrected chi connectivity index (χ4v) is 3.69. The Morgan fingerprint density at radius 3 is 2.40 bits per heavy atom. The van der Waals surface area contributed by atoms with Crippen molar-refractivity contribution in [2.75, 3.05) is 7.11 Å². The molecule has 1 heterocycles. The van der Waals surface area contributed by atoms with Gasteiger partial charge < -0.3 is 4.74 Å². The fraction of sp³-hybridized carbons (Fsp3) is 0.375. The first-order chi connectivity index (χ1) is 9.32. The third kappa shape index (κ3) is 3.23. The maximum atomic E-state index is 13.8. The monoisotopic (exact) mass is 356 g/mol. The van der Waals surface area contributed by atoms with Crippen LogP contribution in [-0.4, -0.2) is 7.11 Å². The van der Waals surface area contributed by atoms with Crippen molar-refractivity contribution in [2.24, 2.45) is 0 Å². The Hall–Kier alpha value is -0.870. The van der Waals surface area contributed by atoms with E-state index in [4.69, 9.17) is 4.74 Å². The number of methoxy groups -OCH3 is 1. The van der Waals surface area contributed by atoms with Crippen LogP contribution in [0.2, 0.25) is 0 Å². The molecule has 0 fully saturated rings. The minimum absolute atomic E-state index is 0.00371. The Labute approximate surface area is 131 Å². The average Bonchev–Trinajstić information content (AvgIpc) is 2.87. The molecule has 4 heteroatoms. The van der Waals surface area contributed by atoms with Gasteiger partial charge in [0.25, 0.3) is 0 Å². The van der Waals surface area contributed by atoms with Gasteiger partial charge >= 0.3 is 0 Å². The highest BCUT2D eigenvalue weighted by molar-refractivity contribution is 9.09. The molecule has 1 unspecified atom stereocenters. The second-order valence-corrected chi connectivity index (χ2v) is 7.74. The SMILES string of the molecule is COc1ccc(C(Br)c2ccc(C(C)(C)C)s2)cc1F. The summed E-state index contributed by atoms with van der Waals surface area (Å²) in [6.45, 7) is 6.58. The Morgan fingerprint density at radius 2 is 1.90 bits per heavy atom. The second kappa shape index (κ2) is 5.86. The lowest BCUT2D eigenvalue weighted by atomic mass is 9.95. The van der Waals surface area contributed by atoms with Crippen LogP contribution in [0.5, 0.6) is 5.75 Å². The van der Waals surface area contributed by atoms with Crippen LogP contribution in [0.1, 0.15) is 40.9 Å². The third-order valence-electron chi connectivity index (χ3n) is 3.08. The molecule has 0 aliphatic carbocycles. The molecule has 0 aliphatic heterocycles. The minimum atomic E-state index is -0.331. The minimum Gasteiger partial charge on any atom is -0.494 e. The van der Waals surface area contributed by atoms with E-state index < -0.39 is 0 Å². The quantitative estimate of drug-likeness (QED) is 0.643. The first kappa shape index (κ1) is 15.5. The van der Waals surface area contributed by atoms with Gasteiger partial charge in [0.1, 0.15) is 0 Å². The van der Waals surface area contributed by atoms with Crippen LogP contribution in [0.4, 0.5) is 4.39 Å². The molecule has 1 atom stereocenters. The van der Waals surface area contributed by atoms with Crippen LogP contribution >= 0.6 is 27.3 Å². The number of thiophene rings is 1. The van der Waals surface area contributed by atoms with Crippen molar-refractivity contribution >= 4 is 27.3 Å². The van der Waals surface area contributed by atoms with Crippen molar-refractivity contribution in [3.8, 4) is 5.75 Å². The van der Waals surface area contributed by atoms with Gasteiger partial charge in [-0.15, -0.1) is 11.3 Å². The Bertz CT molecular complexity index is 601. The molecule has 0 aliphatic rings. The summed E-state index contributed by atoms with van der Waals surface area (Å²) in [6.07, 6.45) is 0. The summed E-state index contributed by atoms with van der Waals surface area (Å²) >= 11 is 5.42. The second-order valence-electron chi connectivity index (χ2n) is 5.71. The van der Waals surface area contributed by atoms with Gasteiger partial charge in [-0.1, -0.05) is 42.8 Å². The molecule has 0 amide bonds. The van der Waals surface area contributed by atoms with Crippen LogP contribution < -0.4 is 4.74 Å². The van der Waals surface area contributed by atoms with Gasteiger partial charge in [0.15, 0.2) is 11.6 Å². The third-order valence-corrected chi connectivity index (χ3v) is 5.99. The van der Waals surface area contributed by atoms with Gasteiger partial charge in [-0.3, -0.25) is 0 Å². The smallest absolute Gasteiger partial charge is 0.165 e. The van der Waals surface area contributed by atoms with E-state index in [-0.39, 0.29) is 21.8 Å². The zero-order valence-electron chi connectivity index (χ0n) is 12.0.